The lowest BCUT2D eigenvalue weighted by atomic mass is 10.1. The van der Waals surface area contributed by atoms with Crippen molar-refractivity contribution in [2.45, 2.75) is 20.3 Å². The van der Waals surface area contributed by atoms with Gasteiger partial charge in [0.1, 0.15) is 4.60 Å². The predicted molar refractivity (Wildman–Crippen MR) is 77.0 cm³/mol. The molecule has 0 fully saturated rings. The Labute approximate surface area is 113 Å². The van der Waals surface area contributed by atoms with E-state index in [9.17, 15) is 0 Å². The molecule has 0 aliphatic heterocycles. The van der Waals surface area contributed by atoms with Crippen LogP contribution in [0.3, 0.4) is 0 Å². The average Bonchev–Trinajstić information content (AvgIpc) is 2.84. The molecule has 94 valence electrons. The summed E-state index contributed by atoms with van der Waals surface area (Å²) in [5, 5.41) is 0. The SMILES string of the molecule is Cc1ccc2c(nc3[nH]c(CCN)c(Br)n32)c1C. The minimum Gasteiger partial charge on any atom is -0.330 e. The summed E-state index contributed by atoms with van der Waals surface area (Å²) in [6, 6.07) is 4.25. The van der Waals surface area contributed by atoms with Crippen LogP contribution in [0.5, 0.6) is 0 Å². The standard InChI is InChI=1S/C13H15BrN4/c1-7-3-4-10-11(8(7)2)17-13-16-9(5-6-15)12(14)18(10)13/h3-4H,5-6,15H2,1-2H3,(H,16,17). The van der Waals surface area contributed by atoms with Gasteiger partial charge in [0.25, 0.3) is 0 Å². The van der Waals surface area contributed by atoms with Gasteiger partial charge in [-0.2, -0.15) is 0 Å². The fourth-order valence-electron chi connectivity index (χ4n) is 2.29. The van der Waals surface area contributed by atoms with Crippen molar-refractivity contribution < 1.29 is 0 Å². The zero-order valence-corrected chi connectivity index (χ0v) is 12.0. The molecule has 3 N–H and O–H groups in total. The van der Waals surface area contributed by atoms with Crippen molar-refractivity contribution in [3.05, 3.63) is 33.6 Å². The second kappa shape index (κ2) is 4.10. The minimum atomic E-state index is 0.623. The van der Waals surface area contributed by atoms with Crippen molar-refractivity contribution in [2.24, 2.45) is 5.73 Å². The molecule has 1 aromatic carbocycles. The van der Waals surface area contributed by atoms with E-state index in [-0.39, 0.29) is 0 Å². The number of hydrogen-bond acceptors (Lipinski definition) is 2. The Morgan fingerprint density at radius 1 is 1.39 bits per heavy atom. The first-order chi connectivity index (χ1) is 8.63. The van der Waals surface area contributed by atoms with Gasteiger partial charge in [-0.05, 0) is 53.5 Å². The van der Waals surface area contributed by atoms with E-state index in [4.69, 9.17) is 5.73 Å². The van der Waals surface area contributed by atoms with Gasteiger partial charge in [0.15, 0.2) is 0 Å². The summed E-state index contributed by atoms with van der Waals surface area (Å²) in [5.41, 5.74) is 11.4. The summed E-state index contributed by atoms with van der Waals surface area (Å²) in [7, 11) is 0. The van der Waals surface area contributed by atoms with Crippen LogP contribution >= 0.6 is 15.9 Å². The summed E-state index contributed by atoms with van der Waals surface area (Å²) in [6.45, 7) is 4.84. The van der Waals surface area contributed by atoms with Crippen molar-refractivity contribution >= 4 is 32.7 Å². The Morgan fingerprint density at radius 2 is 2.17 bits per heavy atom. The lowest BCUT2D eigenvalue weighted by Gasteiger charge is -2.01. The van der Waals surface area contributed by atoms with Gasteiger partial charge in [-0.25, -0.2) is 4.98 Å². The molecule has 0 atom stereocenters. The van der Waals surface area contributed by atoms with Crippen LogP contribution in [0.4, 0.5) is 0 Å². The highest BCUT2D eigenvalue weighted by atomic mass is 79.9. The van der Waals surface area contributed by atoms with Gasteiger partial charge >= 0.3 is 0 Å². The molecule has 0 amide bonds. The number of nitrogens with one attached hydrogen (secondary N) is 1. The Balaban J connectivity index is 2.38. The second-order valence-electron chi connectivity index (χ2n) is 4.58. The normalized spacial score (nSPS) is 11.8. The molecule has 0 saturated heterocycles. The van der Waals surface area contributed by atoms with Crippen LogP contribution in [0.15, 0.2) is 16.7 Å². The highest BCUT2D eigenvalue weighted by Gasteiger charge is 2.15. The van der Waals surface area contributed by atoms with Crippen molar-refractivity contribution in [1.82, 2.24) is 14.4 Å². The zero-order chi connectivity index (χ0) is 12.9. The van der Waals surface area contributed by atoms with Crippen molar-refractivity contribution in [3.63, 3.8) is 0 Å². The fraction of sp³-hybridized carbons (Fsp3) is 0.308. The van der Waals surface area contributed by atoms with Gasteiger partial charge in [-0.15, -0.1) is 0 Å². The molecule has 3 aromatic rings. The molecule has 18 heavy (non-hydrogen) atoms. The molecule has 2 heterocycles. The molecular formula is C13H15BrN4. The van der Waals surface area contributed by atoms with E-state index in [2.05, 4.69) is 56.3 Å². The summed E-state index contributed by atoms with van der Waals surface area (Å²) in [5.74, 6) is 0.869. The Bertz CT molecular complexity index is 738. The van der Waals surface area contributed by atoms with Crippen LogP contribution in [0, 0.1) is 13.8 Å². The highest BCUT2D eigenvalue weighted by molar-refractivity contribution is 9.10. The third-order valence-electron chi connectivity index (χ3n) is 3.45. The summed E-state index contributed by atoms with van der Waals surface area (Å²) < 4.78 is 3.13. The third-order valence-corrected chi connectivity index (χ3v) is 4.29. The number of H-pyrrole nitrogens is 1. The summed E-state index contributed by atoms with van der Waals surface area (Å²) in [6.07, 6.45) is 0.816. The number of nitrogens with zero attached hydrogens (tertiary/aromatic N) is 2. The molecule has 3 rings (SSSR count). The number of fused-ring (bicyclic) bond motifs is 3. The van der Waals surface area contributed by atoms with Gasteiger partial charge in [-0.1, -0.05) is 6.07 Å². The molecule has 0 radical (unpaired) electrons. The van der Waals surface area contributed by atoms with Crippen LogP contribution in [-0.4, -0.2) is 20.9 Å². The van der Waals surface area contributed by atoms with E-state index < -0.39 is 0 Å². The number of hydrogen-bond donors (Lipinski definition) is 2. The van der Waals surface area contributed by atoms with Crippen LogP contribution in [0.25, 0.3) is 16.8 Å². The number of nitrogens with two attached hydrogens (primary N) is 1. The van der Waals surface area contributed by atoms with Crippen LogP contribution in [0.1, 0.15) is 16.8 Å². The summed E-state index contributed by atoms with van der Waals surface area (Å²) >= 11 is 3.63. The first-order valence-corrected chi connectivity index (χ1v) is 6.77. The quantitative estimate of drug-likeness (QED) is 0.765. The van der Waals surface area contributed by atoms with Gasteiger partial charge < -0.3 is 10.7 Å². The topological polar surface area (TPSA) is 59.1 Å². The zero-order valence-electron chi connectivity index (χ0n) is 10.4. The molecule has 0 aliphatic rings. The molecule has 0 spiro atoms. The second-order valence-corrected chi connectivity index (χ2v) is 5.33. The molecule has 0 saturated carbocycles. The first kappa shape index (κ1) is 11.7. The lowest BCUT2D eigenvalue weighted by Crippen LogP contribution is -2.03. The number of aromatic amines is 1. The van der Waals surface area contributed by atoms with E-state index in [1.807, 2.05) is 0 Å². The molecule has 0 bridgehead atoms. The Morgan fingerprint density at radius 3 is 2.89 bits per heavy atom. The molecule has 5 heteroatoms. The average molecular weight is 307 g/mol. The van der Waals surface area contributed by atoms with Crippen LogP contribution < -0.4 is 5.73 Å². The van der Waals surface area contributed by atoms with E-state index in [0.717, 1.165) is 33.5 Å². The summed E-state index contributed by atoms with van der Waals surface area (Å²) in [4.78, 5) is 8.00. The number of aromatic nitrogens is 3. The van der Waals surface area contributed by atoms with Gasteiger partial charge in [-0.3, -0.25) is 4.40 Å². The van der Waals surface area contributed by atoms with Crippen LogP contribution in [0.2, 0.25) is 0 Å². The smallest absolute Gasteiger partial charge is 0.213 e. The first-order valence-electron chi connectivity index (χ1n) is 5.98. The monoisotopic (exact) mass is 306 g/mol. The predicted octanol–water partition coefficient (Wildman–Crippen LogP) is 2.70. The van der Waals surface area contributed by atoms with Crippen molar-refractivity contribution in [2.75, 3.05) is 6.54 Å². The van der Waals surface area contributed by atoms with E-state index in [1.165, 1.54) is 11.1 Å². The fourth-order valence-corrected chi connectivity index (χ4v) is 2.95. The largest absolute Gasteiger partial charge is 0.330 e. The number of rotatable bonds is 2. The molecule has 4 nitrogen and oxygen atoms in total. The van der Waals surface area contributed by atoms with Crippen molar-refractivity contribution in [3.8, 4) is 0 Å². The van der Waals surface area contributed by atoms with Gasteiger partial charge in [0, 0.05) is 6.42 Å². The van der Waals surface area contributed by atoms with Gasteiger partial charge in [0.05, 0.1) is 16.7 Å². The van der Waals surface area contributed by atoms with E-state index in [1.54, 1.807) is 0 Å². The number of imidazole rings is 2. The molecular weight excluding hydrogens is 292 g/mol. The highest BCUT2D eigenvalue weighted by Crippen LogP contribution is 2.27. The van der Waals surface area contributed by atoms with Gasteiger partial charge in [0.2, 0.25) is 5.78 Å². The molecule has 0 aliphatic carbocycles. The number of halogens is 1. The van der Waals surface area contributed by atoms with Crippen molar-refractivity contribution in [1.29, 1.82) is 0 Å². The Hall–Kier alpha value is -1.33. The molecule has 2 aromatic heterocycles. The Kier molecular flexibility index (Phi) is 2.68. The number of benzene rings is 1. The van der Waals surface area contributed by atoms with Crippen LogP contribution in [-0.2, 0) is 6.42 Å². The lowest BCUT2D eigenvalue weighted by molar-refractivity contribution is 0.928. The number of aryl methyl sites for hydroxylation is 2. The maximum Gasteiger partial charge on any atom is 0.213 e. The third kappa shape index (κ3) is 1.51. The van der Waals surface area contributed by atoms with E-state index >= 15 is 0 Å². The minimum absolute atomic E-state index is 0.623. The maximum atomic E-state index is 5.61. The van der Waals surface area contributed by atoms with E-state index in [0.29, 0.717) is 6.54 Å². The molecule has 0 unspecified atom stereocenters. The maximum absolute atomic E-state index is 5.61.